The van der Waals surface area contributed by atoms with Gasteiger partial charge in [0.05, 0.1) is 37.4 Å². The molecule has 0 saturated heterocycles. The Morgan fingerprint density at radius 1 is 1.03 bits per heavy atom. The van der Waals surface area contributed by atoms with Gasteiger partial charge in [-0.2, -0.15) is 0 Å². The number of anilines is 2. The van der Waals surface area contributed by atoms with Crippen molar-refractivity contribution in [2.24, 2.45) is 0 Å². The smallest absolute Gasteiger partial charge is 0.412 e. The van der Waals surface area contributed by atoms with E-state index in [1.807, 2.05) is 0 Å². The molecule has 37 heavy (non-hydrogen) atoms. The summed E-state index contributed by atoms with van der Waals surface area (Å²) >= 11 is 0. The molecule has 12 heteroatoms. The van der Waals surface area contributed by atoms with Crippen LogP contribution >= 0.6 is 0 Å². The highest BCUT2D eigenvalue weighted by Gasteiger charge is 2.16. The molecule has 0 aliphatic heterocycles. The minimum atomic E-state index is -0.648. The number of pyridine rings is 2. The van der Waals surface area contributed by atoms with E-state index in [1.54, 1.807) is 35.0 Å². The molecule has 11 nitrogen and oxygen atoms in total. The number of benzene rings is 1. The predicted octanol–water partition coefficient (Wildman–Crippen LogP) is 3.61. The van der Waals surface area contributed by atoms with E-state index >= 15 is 0 Å². The Kier molecular flexibility index (Phi) is 7.28. The van der Waals surface area contributed by atoms with Gasteiger partial charge in [0.15, 0.2) is 17.2 Å². The fourth-order valence-electron chi connectivity index (χ4n) is 3.58. The minimum Gasteiger partial charge on any atom is -0.494 e. The highest BCUT2D eigenvalue weighted by Crippen LogP contribution is 2.27. The van der Waals surface area contributed by atoms with Crippen molar-refractivity contribution in [3.05, 3.63) is 71.9 Å². The van der Waals surface area contributed by atoms with E-state index in [4.69, 9.17) is 4.74 Å². The van der Waals surface area contributed by atoms with Crippen molar-refractivity contribution in [2.75, 3.05) is 24.9 Å². The summed E-state index contributed by atoms with van der Waals surface area (Å²) in [5, 5.41) is 7.96. The minimum absolute atomic E-state index is 0.0746. The molecule has 3 aromatic heterocycles. The summed E-state index contributed by atoms with van der Waals surface area (Å²) in [5.41, 5.74) is 2.89. The Morgan fingerprint density at radius 3 is 2.51 bits per heavy atom. The van der Waals surface area contributed by atoms with Crippen molar-refractivity contribution < 1.29 is 28.2 Å². The van der Waals surface area contributed by atoms with Gasteiger partial charge in [-0.05, 0) is 35.9 Å². The number of methoxy groups -OCH3 is 2. The number of nitrogens with one attached hydrogen (secondary N) is 3. The molecule has 0 saturated carbocycles. The molecule has 0 aliphatic rings. The zero-order valence-electron chi connectivity index (χ0n) is 20.2. The quantitative estimate of drug-likeness (QED) is 0.348. The Balaban J connectivity index is 1.65. The Labute approximate surface area is 210 Å². The van der Waals surface area contributed by atoms with Gasteiger partial charge in [0.2, 0.25) is 5.91 Å². The van der Waals surface area contributed by atoms with Crippen LogP contribution in [0.5, 0.6) is 5.75 Å². The van der Waals surface area contributed by atoms with Crippen LogP contribution in [0.2, 0.25) is 0 Å². The first-order valence-corrected chi connectivity index (χ1v) is 11.0. The van der Waals surface area contributed by atoms with Crippen LogP contribution in [-0.2, 0) is 16.1 Å². The molecule has 1 aromatic carbocycles. The molecule has 0 bridgehead atoms. The third-order valence-corrected chi connectivity index (χ3v) is 5.32. The van der Waals surface area contributed by atoms with E-state index in [1.165, 1.54) is 45.5 Å². The Bertz CT molecular complexity index is 1490. The van der Waals surface area contributed by atoms with Crippen LogP contribution in [0.1, 0.15) is 22.8 Å². The molecule has 190 valence electrons. The highest BCUT2D eigenvalue weighted by molar-refractivity contribution is 5.99. The van der Waals surface area contributed by atoms with Crippen molar-refractivity contribution in [3.63, 3.8) is 0 Å². The van der Waals surface area contributed by atoms with Gasteiger partial charge in [0, 0.05) is 31.4 Å². The summed E-state index contributed by atoms with van der Waals surface area (Å²) in [6.07, 6.45) is 4.05. The number of ether oxygens (including phenoxy) is 2. The molecule has 0 unspecified atom stereocenters. The molecule has 0 fully saturated rings. The lowest BCUT2D eigenvalue weighted by Crippen LogP contribution is -2.23. The lowest BCUT2D eigenvalue weighted by molar-refractivity contribution is -0.114. The van der Waals surface area contributed by atoms with Gasteiger partial charge in [0.25, 0.3) is 5.91 Å². The average molecular weight is 506 g/mol. The highest BCUT2D eigenvalue weighted by atomic mass is 19.1. The van der Waals surface area contributed by atoms with Crippen molar-refractivity contribution in [3.8, 4) is 17.0 Å². The summed E-state index contributed by atoms with van der Waals surface area (Å²) in [6.45, 7) is 1.48. The van der Waals surface area contributed by atoms with Crippen molar-refractivity contribution in [2.45, 2.75) is 13.5 Å². The largest absolute Gasteiger partial charge is 0.494 e. The van der Waals surface area contributed by atoms with E-state index < -0.39 is 17.8 Å². The molecular formula is C25H23FN6O5. The number of aromatic nitrogens is 3. The van der Waals surface area contributed by atoms with Crippen molar-refractivity contribution in [1.29, 1.82) is 0 Å². The molecule has 4 rings (SSSR count). The predicted molar refractivity (Wildman–Crippen MR) is 133 cm³/mol. The van der Waals surface area contributed by atoms with Gasteiger partial charge in [-0.25, -0.2) is 19.2 Å². The van der Waals surface area contributed by atoms with Crippen LogP contribution in [0.25, 0.3) is 16.9 Å². The van der Waals surface area contributed by atoms with Crippen LogP contribution in [0, 0.1) is 5.82 Å². The summed E-state index contributed by atoms with van der Waals surface area (Å²) < 4.78 is 24.9. The Morgan fingerprint density at radius 2 is 1.84 bits per heavy atom. The number of imidazole rings is 1. The van der Waals surface area contributed by atoms with Crippen LogP contribution in [0.4, 0.5) is 20.7 Å². The number of hydrogen-bond acceptors (Lipinski definition) is 7. The second-order valence-corrected chi connectivity index (χ2v) is 7.86. The first-order chi connectivity index (χ1) is 17.8. The SMILES string of the molecule is COC(=O)Nc1ccc(-c2cnc3c(NC(C)=O)cc(C(=O)NCc4ccc(F)c(OC)c4)cn23)cn1. The standard InChI is InChI=1S/C25H23FN6O5/c1-14(33)30-19-9-17(24(34)29-10-15-4-6-18(26)21(8-15)36-2)13-32-20(12-28-23(19)32)16-5-7-22(27-11-16)31-25(35)37-3/h4-9,11-13H,10H2,1-3H3,(H,29,34)(H,30,33)(H,27,31,35). The number of fused-ring (bicyclic) bond motifs is 1. The molecular weight excluding hydrogens is 483 g/mol. The number of carbonyl (C=O) groups excluding carboxylic acids is 3. The monoisotopic (exact) mass is 506 g/mol. The maximum Gasteiger partial charge on any atom is 0.412 e. The Hall–Kier alpha value is -5.00. The van der Waals surface area contributed by atoms with Gasteiger partial charge in [0.1, 0.15) is 5.82 Å². The molecule has 3 heterocycles. The van der Waals surface area contributed by atoms with Gasteiger partial charge < -0.3 is 20.1 Å². The summed E-state index contributed by atoms with van der Waals surface area (Å²) in [5.74, 6) is -0.889. The third kappa shape index (κ3) is 5.64. The second kappa shape index (κ2) is 10.7. The summed E-state index contributed by atoms with van der Waals surface area (Å²) in [7, 11) is 2.61. The van der Waals surface area contributed by atoms with E-state index in [0.29, 0.717) is 34.0 Å². The normalized spacial score (nSPS) is 10.6. The third-order valence-electron chi connectivity index (χ3n) is 5.32. The van der Waals surface area contributed by atoms with Crippen LogP contribution in [-0.4, -0.2) is 46.5 Å². The van der Waals surface area contributed by atoms with Crippen LogP contribution in [0.15, 0.2) is 55.0 Å². The summed E-state index contributed by atoms with van der Waals surface area (Å²) in [6, 6.07) is 9.14. The molecule has 4 aromatic rings. The van der Waals surface area contributed by atoms with Gasteiger partial charge in [-0.3, -0.25) is 19.3 Å². The molecule has 0 spiro atoms. The van der Waals surface area contributed by atoms with E-state index in [2.05, 4.69) is 30.7 Å². The van der Waals surface area contributed by atoms with Gasteiger partial charge in [-0.15, -0.1) is 0 Å². The zero-order valence-corrected chi connectivity index (χ0v) is 20.2. The van der Waals surface area contributed by atoms with E-state index in [0.717, 1.165) is 0 Å². The summed E-state index contributed by atoms with van der Waals surface area (Å²) in [4.78, 5) is 44.9. The average Bonchev–Trinajstić information content (AvgIpc) is 3.32. The van der Waals surface area contributed by atoms with E-state index in [-0.39, 0.29) is 23.8 Å². The van der Waals surface area contributed by atoms with E-state index in [9.17, 15) is 18.8 Å². The molecule has 3 amide bonds. The number of halogens is 1. The second-order valence-electron chi connectivity index (χ2n) is 7.86. The van der Waals surface area contributed by atoms with Gasteiger partial charge >= 0.3 is 6.09 Å². The van der Waals surface area contributed by atoms with Gasteiger partial charge in [-0.1, -0.05) is 6.07 Å². The number of nitrogens with zero attached hydrogens (tertiary/aromatic N) is 3. The maximum absolute atomic E-state index is 13.7. The lowest BCUT2D eigenvalue weighted by atomic mass is 10.2. The van der Waals surface area contributed by atoms with Crippen molar-refractivity contribution >= 4 is 35.1 Å². The number of carbonyl (C=O) groups is 3. The molecule has 0 radical (unpaired) electrons. The number of hydrogen-bond donors (Lipinski definition) is 3. The lowest BCUT2D eigenvalue weighted by Gasteiger charge is -2.12. The number of amides is 3. The molecule has 0 atom stereocenters. The first kappa shape index (κ1) is 25.1. The van der Waals surface area contributed by atoms with Crippen molar-refractivity contribution in [1.82, 2.24) is 19.7 Å². The zero-order chi connectivity index (χ0) is 26.5. The van der Waals surface area contributed by atoms with Crippen LogP contribution in [0.3, 0.4) is 0 Å². The topological polar surface area (TPSA) is 136 Å². The molecule has 0 aliphatic carbocycles. The number of rotatable bonds is 7. The fraction of sp³-hybridized carbons (Fsp3) is 0.160. The maximum atomic E-state index is 13.7. The fourth-order valence-corrected chi connectivity index (χ4v) is 3.58. The van der Waals surface area contributed by atoms with Crippen LogP contribution < -0.4 is 20.7 Å². The molecule has 3 N–H and O–H groups in total. The first-order valence-electron chi connectivity index (χ1n) is 11.0.